The molecule has 0 atom stereocenters. The van der Waals surface area contributed by atoms with Crippen molar-refractivity contribution in [2.45, 2.75) is 26.2 Å². The Hall–Kier alpha value is -4.23. The number of aryl methyl sites for hydroxylation is 1. The van der Waals surface area contributed by atoms with Crippen molar-refractivity contribution in [2.75, 3.05) is 12.4 Å². The van der Waals surface area contributed by atoms with Gasteiger partial charge >= 0.3 is 0 Å². The van der Waals surface area contributed by atoms with Crippen LogP contribution in [0.5, 0.6) is 5.88 Å². The molecule has 0 saturated heterocycles. The highest BCUT2D eigenvalue weighted by atomic mass is 16.5. The Morgan fingerprint density at radius 3 is 2.58 bits per heavy atom. The molecular weight excluding hydrogens is 390 g/mol. The number of hydrogen-bond acceptors (Lipinski definition) is 6. The largest absolute Gasteiger partial charge is 0.480 e. The monoisotopic (exact) mass is 411 g/mol. The van der Waals surface area contributed by atoms with Crippen molar-refractivity contribution >= 4 is 11.6 Å². The van der Waals surface area contributed by atoms with Gasteiger partial charge in [-0.2, -0.15) is 10.5 Å². The van der Waals surface area contributed by atoms with Gasteiger partial charge in [0.15, 0.2) is 0 Å². The van der Waals surface area contributed by atoms with Gasteiger partial charge in [-0.15, -0.1) is 0 Å². The van der Waals surface area contributed by atoms with Gasteiger partial charge in [0, 0.05) is 29.2 Å². The first kappa shape index (κ1) is 21.5. The summed E-state index contributed by atoms with van der Waals surface area (Å²) in [7, 11) is 1.46. The SMILES string of the molecule is COc1ncc(-c2cc(NC(=O)c3ccnc(C(C)(C)C#N)c3)ccc2C)cc1C#N. The van der Waals surface area contributed by atoms with Gasteiger partial charge in [0.1, 0.15) is 11.6 Å². The average molecular weight is 411 g/mol. The highest BCUT2D eigenvalue weighted by molar-refractivity contribution is 6.04. The van der Waals surface area contributed by atoms with Gasteiger partial charge in [-0.05, 0) is 62.2 Å². The molecule has 3 aromatic rings. The second kappa shape index (κ2) is 8.64. The number of nitrogens with one attached hydrogen (secondary N) is 1. The van der Waals surface area contributed by atoms with E-state index in [0.717, 1.165) is 16.7 Å². The minimum atomic E-state index is -0.798. The summed E-state index contributed by atoms with van der Waals surface area (Å²) in [5.41, 5.74) is 3.62. The van der Waals surface area contributed by atoms with Gasteiger partial charge in [-0.3, -0.25) is 9.78 Å². The second-order valence-electron chi connectivity index (χ2n) is 7.54. The fourth-order valence-electron chi connectivity index (χ4n) is 3.03. The molecule has 1 N–H and O–H groups in total. The number of hydrogen-bond donors (Lipinski definition) is 1. The molecule has 31 heavy (non-hydrogen) atoms. The lowest BCUT2D eigenvalue weighted by Crippen LogP contribution is -2.18. The fraction of sp³-hybridized carbons (Fsp3) is 0.208. The maximum absolute atomic E-state index is 12.8. The number of ether oxygens (including phenoxy) is 1. The van der Waals surface area contributed by atoms with Crippen LogP contribution in [-0.4, -0.2) is 23.0 Å². The molecule has 1 amide bonds. The van der Waals surface area contributed by atoms with Crippen LogP contribution >= 0.6 is 0 Å². The Kier molecular flexibility index (Phi) is 5.99. The van der Waals surface area contributed by atoms with Crippen LogP contribution in [-0.2, 0) is 5.41 Å². The maximum atomic E-state index is 12.8. The topological polar surface area (TPSA) is 112 Å². The van der Waals surface area contributed by atoms with E-state index in [1.807, 2.05) is 19.1 Å². The summed E-state index contributed by atoms with van der Waals surface area (Å²) in [6.07, 6.45) is 3.16. The minimum Gasteiger partial charge on any atom is -0.480 e. The van der Waals surface area contributed by atoms with E-state index in [-0.39, 0.29) is 11.8 Å². The summed E-state index contributed by atoms with van der Waals surface area (Å²) in [5, 5.41) is 21.5. The summed E-state index contributed by atoms with van der Waals surface area (Å²) in [4.78, 5) is 21.2. The lowest BCUT2D eigenvalue weighted by Gasteiger charge is -2.15. The summed E-state index contributed by atoms with van der Waals surface area (Å²) >= 11 is 0. The normalized spacial score (nSPS) is 10.6. The van der Waals surface area contributed by atoms with E-state index in [9.17, 15) is 15.3 Å². The van der Waals surface area contributed by atoms with Crippen LogP contribution in [0.1, 0.15) is 41.0 Å². The van der Waals surface area contributed by atoms with Crippen LogP contribution in [0.25, 0.3) is 11.1 Å². The maximum Gasteiger partial charge on any atom is 0.255 e. The average Bonchev–Trinajstić information content (AvgIpc) is 2.79. The zero-order valence-corrected chi connectivity index (χ0v) is 17.7. The number of carbonyl (C=O) groups is 1. The van der Waals surface area contributed by atoms with Crippen molar-refractivity contribution in [3.8, 4) is 29.1 Å². The molecule has 0 aliphatic rings. The van der Waals surface area contributed by atoms with Crippen LogP contribution in [0.15, 0.2) is 48.8 Å². The number of amides is 1. The number of aromatic nitrogens is 2. The van der Waals surface area contributed by atoms with E-state index in [1.54, 1.807) is 44.3 Å². The van der Waals surface area contributed by atoms with E-state index in [1.165, 1.54) is 13.3 Å². The quantitative estimate of drug-likeness (QED) is 0.666. The molecule has 0 unspecified atom stereocenters. The predicted molar refractivity (Wildman–Crippen MR) is 117 cm³/mol. The third-order valence-electron chi connectivity index (χ3n) is 4.91. The predicted octanol–water partition coefficient (Wildman–Crippen LogP) is 4.39. The van der Waals surface area contributed by atoms with Crippen LogP contribution in [0.3, 0.4) is 0 Å². The molecule has 0 aliphatic carbocycles. The van der Waals surface area contributed by atoms with Crippen molar-refractivity contribution in [3.05, 3.63) is 71.2 Å². The summed E-state index contributed by atoms with van der Waals surface area (Å²) in [5.74, 6) is -0.0418. The molecule has 0 spiro atoms. The number of pyridine rings is 2. The molecule has 7 nitrogen and oxygen atoms in total. The first-order valence-electron chi connectivity index (χ1n) is 9.53. The van der Waals surface area contributed by atoms with Crippen LogP contribution in [0.2, 0.25) is 0 Å². The second-order valence-corrected chi connectivity index (χ2v) is 7.54. The summed E-state index contributed by atoms with van der Waals surface area (Å²) in [6, 6.07) is 14.7. The van der Waals surface area contributed by atoms with E-state index < -0.39 is 5.41 Å². The van der Waals surface area contributed by atoms with Gasteiger partial charge in [-0.1, -0.05) is 6.07 Å². The van der Waals surface area contributed by atoms with Crippen molar-refractivity contribution in [1.82, 2.24) is 9.97 Å². The number of methoxy groups -OCH3 is 1. The molecule has 0 bridgehead atoms. The standard InChI is InChI=1S/C24H21N5O2/c1-15-5-6-19(11-20(15)18-9-17(12-25)23(31-4)28-13-18)29-22(30)16-7-8-27-21(10-16)24(2,3)14-26/h5-11,13H,1-4H3,(H,29,30). The molecular formula is C24H21N5O2. The first-order chi connectivity index (χ1) is 14.8. The van der Waals surface area contributed by atoms with Crippen LogP contribution in [0, 0.1) is 29.6 Å². The van der Waals surface area contributed by atoms with Gasteiger partial charge in [-0.25, -0.2) is 4.98 Å². The van der Waals surface area contributed by atoms with Gasteiger partial charge in [0.2, 0.25) is 5.88 Å². The zero-order valence-electron chi connectivity index (χ0n) is 17.7. The van der Waals surface area contributed by atoms with Crippen molar-refractivity contribution in [1.29, 1.82) is 10.5 Å². The fourth-order valence-corrected chi connectivity index (χ4v) is 3.03. The zero-order chi connectivity index (χ0) is 22.6. The van der Waals surface area contributed by atoms with Gasteiger partial charge < -0.3 is 10.1 Å². The molecule has 1 aromatic carbocycles. The van der Waals surface area contributed by atoms with Crippen LogP contribution < -0.4 is 10.1 Å². The van der Waals surface area contributed by atoms with E-state index in [4.69, 9.17) is 4.74 Å². The van der Waals surface area contributed by atoms with Crippen molar-refractivity contribution in [2.24, 2.45) is 0 Å². The minimum absolute atomic E-state index is 0.266. The highest BCUT2D eigenvalue weighted by Crippen LogP contribution is 2.29. The third kappa shape index (κ3) is 4.52. The lowest BCUT2D eigenvalue weighted by molar-refractivity contribution is 0.102. The highest BCUT2D eigenvalue weighted by Gasteiger charge is 2.22. The van der Waals surface area contributed by atoms with Crippen molar-refractivity contribution in [3.63, 3.8) is 0 Å². The molecule has 0 radical (unpaired) electrons. The smallest absolute Gasteiger partial charge is 0.255 e. The van der Waals surface area contributed by atoms with Gasteiger partial charge in [0.05, 0.1) is 24.3 Å². The Balaban J connectivity index is 1.91. The molecule has 154 valence electrons. The molecule has 0 fully saturated rings. The molecule has 0 saturated carbocycles. The first-order valence-corrected chi connectivity index (χ1v) is 9.53. The Morgan fingerprint density at radius 1 is 1.13 bits per heavy atom. The summed E-state index contributed by atoms with van der Waals surface area (Å²) < 4.78 is 5.11. The Bertz CT molecular complexity index is 1240. The molecule has 3 rings (SSSR count). The third-order valence-corrected chi connectivity index (χ3v) is 4.91. The number of nitrogens with zero attached hydrogens (tertiary/aromatic N) is 4. The number of benzene rings is 1. The summed E-state index contributed by atoms with van der Waals surface area (Å²) in [6.45, 7) is 5.44. The van der Waals surface area contributed by atoms with Gasteiger partial charge in [0.25, 0.3) is 5.91 Å². The molecule has 2 heterocycles. The van der Waals surface area contributed by atoms with E-state index in [0.29, 0.717) is 22.5 Å². The molecule has 7 heteroatoms. The molecule has 0 aliphatic heterocycles. The van der Waals surface area contributed by atoms with Crippen LogP contribution in [0.4, 0.5) is 5.69 Å². The van der Waals surface area contributed by atoms with E-state index >= 15 is 0 Å². The number of anilines is 1. The van der Waals surface area contributed by atoms with E-state index in [2.05, 4.69) is 27.4 Å². The number of nitriles is 2. The lowest BCUT2D eigenvalue weighted by atomic mass is 9.90. The Morgan fingerprint density at radius 2 is 1.90 bits per heavy atom. The van der Waals surface area contributed by atoms with Crippen molar-refractivity contribution < 1.29 is 9.53 Å². The number of rotatable bonds is 5. The number of carbonyl (C=O) groups excluding carboxylic acids is 1. The molecule has 2 aromatic heterocycles. The Labute approximate surface area is 181 Å².